The normalized spacial score (nSPS) is 14.7. The van der Waals surface area contributed by atoms with Gasteiger partial charge in [-0.15, -0.1) is 0 Å². The van der Waals surface area contributed by atoms with Gasteiger partial charge in [-0.25, -0.2) is 0 Å². The summed E-state index contributed by atoms with van der Waals surface area (Å²) in [4.78, 5) is 12.1. The van der Waals surface area contributed by atoms with Crippen molar-refractivity contribution in [3.8, 4) is 0 Å². The predicted octanol–water partition coefficient (Wildman–Crippen LogP) is 1.36. The summed E-state index contributed by atoms with van der Waals surface area (Å²) in [5.74, 6) is -0.323. The Morgan fingerprint density at radius 1 is 1.39 bits per heavy atom. The number of benzene rings is 1. The molecule has 0 bridgehead atoms. The van der Waals surface area contributed by atoms with Crippen LogP contribution in [0.15, 0.2) is 34.9 Å². The van der Waals surface area contributed by atoms with Gasteiger partial charge in [0.05, 0.1) is 11.3 Å². The highest BCUT2D eigenvalue weighted by Crippen LogP contribution is 2.31. The highest BCUT2D eigenvalue weighted by molar-refractivity contribution is 7.80. The Hall–Kier alpha value is -2.21. The van der Waals surface area contributed by atoms with Gasteiger partial charge in [-0.3, -0.25) is 10.2 Å². The molecule has 0 heterocycles. The molecule has 0 fully saturated rings. The molecular weight excluding hydrogens is 250 g/mol. The zero-order chi connectivity index (χ0) is 13.3. The van der Waals surface area contributed by atoms with Crippen LogP contribution >= 0.6 is 12.2 Å². The monoisotopic (exact) mass is 261 g/mol. The van der Waals surface area contributed by atoms with E-state index in [2.05, 4.69) is 22.7 Å². The number of nitrogens with zero attached hydrogens (tertiary/aromatic N) is 1. The van der Waals surface area contributed by atoms with Gasteiger partial charge in [0, 0.05) is 11.1 Å². The third-order valence-corrected chi connectivity index (χ3v) is 2.68. The van der Waals surface area contributed by atoms with Crippen molar-refractivity contribution in [3.63, 3.8) is 0 Å². The first-order chi connectivity index (χ1) is 8.52. The van der Waals surface area contributed by atoms with E-state index in [0.29, 0.717) is 16.8 Å². The lowest BCUT2D eigenvalue weighted by molar-refractivity contribution is 0.104. The van der Waals surface area contributed by atoms with Gasteiger partial charge in [0.15, 0.2) is 10.9 Å². The van der Waals surface area contributed by atoms with E-state index >= 15 is 0 Å². The molecule has 5 nitrogen and oxygen atoms in total. The van der Waals surface area contributed by atoms with Crippen LogP contribution in [-0.2, 0) is 0 Å². The average Bonchev–Trinajstić information content (AvgIpc) is 2.60. The molecule has 6 heteroatoms. The van der Waals surface area contributed by atoms with Crippen molar-refractivity contribution in [1.29, 1.82) is 0 Å². The summed E-state index contributed by atoms with van der Waals surface area (Å²) < 4.78 is 0. The number of allylic oxidation sites excluding steroid dienone is 1. The van der Waals surface area contributed by atoms with E-state index in [0.717, 1.165) is 0 Å². The molecule has 0 atom stereocenters. The number of aliphatic hydroxyl groups is 1. The number of carbonyl (C=O) groups excluding carboxylic acids is 1. The number of hydrogen-bond donors (Lipinski definition) is 3. The maximum Gasteiger partial charge on any atom is 0.199 e. The van der Waals surface area contributed by atoms with Gasteiger partial charge in [0.25, 0.3) is 0 Å². The predicted molar refractivity (Wildman–Crippen MR) is 73.4 cm³/mol. The first-order valence-electron chi connectivity index (χ1n) is 5.20. The maximum absolute atomic E-state index is 12.1. The van der Waals surface area contributed by atoms with E-state index in [1.165, 1.54) is 0 Å². The van der Waals surface area contributed by atoms with Gasteiger partial charge in [-0.2, -0.15) is 5.10 Å². The zero-order valence-corrected chi connectivity index (χ0v) is 10.4. The van der Waals surface area contributed by atoms with Crippen molar-refractivity contribution < 1.29 is 9.90 Å². The Morgan fingerprint density at radius 3 is 2.56 bits per heavy atom. The molecule has 0 aliphatic heterocycles. The summed E-state index contributed by atoms with van der Waals surface area (Å²) in [6.07, 6.45) is 0. The molecule has 4 N–H and O–H groups in total. The van der Waals surface area contributed by atoms with E-state index in [9.17, 15) is 9.90 Å². The number of rotatable bonds is 2. The largest absolute Gasteiger partial charge is 0.506 e. The highest BCUT2D eigenvalue weighted by atomic mass is 32.1. The Labute approximate surface area is 109 Å². The molecule has 0 spiro atoms. The minimum Gasteiger partial charge on any atom is -0.506 e. The molecule has 18 heavy (non-hydrogen) atoms. The van der Waals surface area contributed by atoms with E-state index in [4.69, 9.17) is 5.73 Å². The standard InChI is InChI=1S/C12H11N3O2S/c1-6(14-15-12(13)18)9-10(16)7-4-2-3-5-8(7)11(9)17/h2-5,16H,1H3,(H3,13,15,18)/b14-6+. The third-order valence-electron chi connectivity index (χ3n) is 2.59. The Balaban J connectivity index is 2.43. The Kier molecular flexibility index (Phi) is 3.12. The minimum absolute atomic E-state index is 0.00241. The molecule has 1 aliphatic rings. The van der Waals surface area contributed by atoms with Gasteiger partial charge in [0.1, 0.15) is 5.76 Å². The lowest BCUT2D eigenvalue weighted by Gasteiger charge is -2.02. The van der Waals surface area contributed by atoms with Crippen molar-refractivity contribution in [2.75, 3.05) is 0 Å². The molecule has 2 rings (SSSR count). The van der Waals surface area contributed by atoms with Gasteiger partial charge in [-0.05, 0) is 19.1 Å². The zero-order valence-electron chi connectivity index (χ0n) is 9.60. The van der Waals surface area contributed by atoms with Crippen molar-refractivity contribution in [1.82, 2.24) is 5.43 Å². The number of thiocarbonyl (C=S) groups is 1. The van der Waals surface area contributed by atoms with Crippen LogP contribution in [0.4, 0.5) is 0 Å². The molecule has 1 aliphatic carbocycles. The minimum atomic E-state index is -0.255. The summed E-state index contributed by atoms with van der Waals surface area (Å²) in [5.41, 5.74) is 9.12. The van der Waals surface area contributed by atoms with E-state index < -0.39 is 0 Å². The molecule has 1 aromatic rings. The molecule has 1 aromatic carbocycles. The fraction of sp³-hybridized carbons (Fsp3) is 0.0833. The van der Waals surface area contributed by atoms with Gasteiger partial charge in [-0.1, -0.05) is 24.3 Å². The fourth-order valence-electron chi connectivity index (χ4n) is 1.79. The van der Waals surface area contributed by atoms with Crippen LogP contribution < -0.4 is 11.2 Å². The van der Waals surface area contributed by atoms with Crippen LogP contribution in [0.25, 0.3) is 5.76 Å². The number of carbonyl (C=O) groups is 1. The number of nitrogens with two attached hydrogens (primary N) is 1. The number of Topliss-reactive ketones (excluding diaryl/α,β-unsaturated/α-hetero) is 1. The second-order valence-corrected chi connectivity index (χ2v) is 4.21. The molecule has 0 radical (unpaired) electrons. The number of ketones is 1. The summed E-state index contributed by atoms with van der Waals surface area (Å²) in [7, 11) is 0. The second kappa shape index (κ2) is 4.58. The van der Waals surface area contributed by atoms with Crippen LogP contribution in [0.1, 0.15) is 22.8 Å². The number of fused-ring (bicyclic) bond motifs is 1. The lowest BCUT2D eigenvalue weighted by Crippen LogP contribution is -2.25. The van der Waals surface area contributed by atoms with E-state index in [1.807, 2.05) is 0 Å². The maximum atomic E-state index is 12.1. The summed E-state index contributed by atoms with van der Waals surface area (Å²) in [6, 6.07) is 6.84. The van der Waals surface area contributed by atoms with Crippen LogP contribution in [0, 0.1) is 0 Å². The summed E-state index contributed by atoms with van der Waals surface area (Å²) in [6.45, 7) is 1.60. The first kappa shape index (κ1) is 12.3. The quantitative estimate of drug-likeness (QED) is 0.425. The van der Waals surface area contributed by atoms with E-state index in [1.54, 1.807) is 31.2 Å². The third kappa shape index (κ3) is 1.98. The second-order valence-electron chi connectivity index (χ2n) is 3.77. The molecule has 0 amide bonds. The van der Waals surface area contributed by atoms with Gasteiger partial charge in [0.2, 0.25) is 0 Å². The Morgan fingerprint density at radius 2 is 2.00 bits per heavy atom. The van der Waals surface area contributed by atoms with E-state index in [-0.39, 0.29) is 22.2 Å². The SMILES string of the molecule is C/C(=N\NC(N)=S)C1=C(O)c2ccccc2C1=O. The van der Waals surface area contributed by atoms with Gasteiger partial charge < -0.3 is 10.8 Å². The number of hydrazone groups is 1. The molecule has 0 saturated heterocycles. The molecule has 0 unspecified atom stereocenters. The van der Waals surface area contributed by atoms with Crippen molar-refractivity contribution in [2.45, 2.75) is 6.92 Å². The molecule has 0 aromatic heterocycles. The number of hydrogen-bond acceptors (Lipinski definition) is 4. The van der Waals surface area contributed by atoms with Crippen LogP contribution in [0.5, 0.6) is 0 Å². The first-order valence-corrected chi connectivity index (χ1v) is 5.60. The van der Waals surface area contributed by atoms with Crippen molar-refractivity contribution in [2.24, 2.45) is 10.8 Å². The Bertz CT molecular complexity index is 605. The molecular formula is C12H11N3O2S. The van der Waals surface area contributed by atoms with Crippen molar-refractivity contribution >= 4 is 34.6 Å². The molecule has 0 saturated carbocycles. The van der Waals surface area contributed by atoms with Crippen LogP contribution in [-0.4, -0.2) is 21.7 Å². The van der Waals surface area contributed by atoms with Gasteiger partial charge >= 0.3 is 0 Å². The van der Waals surface area contributed by atoms with Crippen molar-refractivity contribution in [3.05, 3.63) is 41.0 Å². The smallest absolute Gasteiger partial charge is 0.199 e. The average molecular weight is 261 g/mol. The number of aliphatic hydroxyl groups excluding tert-OH is 1. The fourth-order valence-corrected chi connectivity index (χ4v) is 1.84. The topological polar surface area (TPSA) is 87.7 Å². The summed E-state index contributed by atoms with van der Waals surface area (Å²) >= 11 is 4.61. The lowest BCUT2D eigenvalue weighted by atomic mass is 10.1. The summed E-state index contributed by atoms with van der Waals surface area (Å²) in [5, 5.41) is 13.9. The van der Waals surface area contributed by atoms with Crippen LogP contribution in [0.2, 0.25) is 0 Å². The van der Waals surface area contributed by atoms with Crippen LogP contribution in [0.3, 0.4) is 0 Å². The number of nitrogens with one attached hydrogen (secondary N) is 1. The molecule has 92 valence electrons. The highest BCUT2D eigenvalue weighted by Gasteiger charge is 2.30.